The van der Waals surface area contributed by atoms with Crippen molar-refractivity contribution in [2.75, 3.05) is 5.32 Å². The van der Waals surface area contributed by atoms with Gasteiger partial charge in [-0.15, -0.1) is 24.0 Å². The first-order valence-corrected chi connectivity index (χ1v) is 8.01. The van der Waals surface area contributed by atoms with Crippen molar-refractivity contribution in [2.45, 2.75) is 23.7 Å². The largest absolute Gasteiger partial charge is 0.298 e. The predicted molar refractivity (Wildman–Crippen MR) is 83.4 cm³/mol. The van der Waals surface area contributed by atoms with Gasteiger partial charge >= 0.3 is 0 Å². The van der Waals surface area contributed by atoms with E-state index in [2.05, 4.69) is 38.9 Å². The maximum absolute atomic E-state index is 12.1. The van der Waals surface area contributed by atoms with Gasteiger partial charge in [0.1, 0.15) is 0 Å². The van der Waals surface area contributed by atoms with E-state index in [-0.39, 0.29) is 5.91 Å². The first-order valence-electron chi connectivity index (χ1n) is 5.89. The SMILES string of the molecule is O=C(Nc1nc(C2CC2)cs1)c1ccc(Br)cc1S. The first kappa shape index (κ1) is 13.1. The zero-order valence-electron chi connectivity index (χ0n) is 9.89. The molecular weight excluding hydrogens is 344 g/mol. The van der Waals surface area contributed by atoms with Crippen LogP contribution in [0.25, 0.3) is 0 Å². The predicted octanol–water partition coefficient (Wildman–Crippen LogP) is 4.32. The molecule has 1 aliphatic carbocycles. The van der Waals surface area contributed by atoms with Gasteiger partial charge in [0.25, 0.3) is 5.91 Å². The molecule has 1 heterocycles. The minimum Gasteiger partial charge on any atom is -0.298 e. The number of amides is 1. The molecule has 1 saturated carbocycles. The molecule has 0 atom stereocenters. The highest BCUT2D eigenvalue weighted by molar-refractivity contribution is 9.10. The number of carbonyl (C=O) groups is 1. The van der Waals surface area contributed by atoms with Crippen molar-refractivity contribution >= 4 is 50.9 Å². The van der Waals surface area contributed by atoms with E-state index in [0.29, 0.717) is 21.5 Å². The lowest BCUT2D eigenvalue weighted by molar-refractivity contribution is 0.102. The Labute approximate surface area is 129 Å². The van der Waals surface area contributed by atoms with Crippen LogP contribution >= 0.6 is 39.9 Å². The highest BCUT2D eigenvalue weighted by atomic mass is 79.9. The number of thiazole rings is 1. The van der Waals surface area contributed by atoms with Gasteiger partial charge in [0.15, 0.2) is 5.13 Å². The third-order valence-electron chi connectivity index (χ3n) is 2.94. The molecule has 3 nitrogen and oxygen atoms in total. The molecule has 1 amide bonds. The molecular formula is C13H11BrN2OS2. The number of benzene rings is 1. The Morgan fingerprint density at radius 2 is 2.26 bits per heavy atom. The zero-order chi connectivity index (χ0) is 13.4. The fourth-order valence-corrected chi connectivity index (χ4v) is 3.41. The molecule has 1 aliphatic rings. The van der Waals surface area contributed by atoms with Gasteiger partial charge in [0.05, 0.1) is 11.3 Å². The number of thiol groups is 1. The Morgan fingerprint density at radius 3 is 2.95 bits per heavy atom. The van der Waals surface area contributed by atoms with E-state index in [1.54, 1.807) is 12.1 Å². The molecule has 0 saturated heterocycles. The van der Waals surface area contributed by atoms with Crippen LogP contribution in [-0.2, 0) is 0 Å². The number of hydrogen-bond acceptors (Lipinski definition) is 4. The summed E-state index contributed by atoms with van der Waals surface area (Å²) in [5.41, 5.74) is 1.65. The summed E-state index contributed by atoms with van der Waals surface area (Å²) in [4.78, 5) is 17.2. The molecule has 1 aromatic heterocycles. The van der Waals surface area contributed by atoms with Gasteiger partial charge < -0.3 is 0 Å². The van der Waals surface area contributed by atoms with Crippen LogP contribution in [0.2, 0.25) is 0 Å². The fraction of sp³-hybridized carbons (Fsp3) is 0.231. The minimum atomic E-state index is -0.172. The van der Waals surface area contributed by atoms with E-state index in [0.717, 1.165) is 10.2 Å². The second kappa shape index (κ2) is 5.26. The van der Waals surface area contributed by atoms with E-state index >= 15 is 0 Å². The quantitative estimate of drug-likeness (QED) is 0.805. The van der Waals surface area contributed by atoms with Crippen LogP contribution in [0.3, 0.4) is 0 Å². The van der Waals surface area contributed by atoms with E-state index in [1.165, 1.54) is 24.2 Å². The summed E-state index contributed by atoms with van der Waals surface area (Å²) in [6.45, 7) is 0. The van der Waals surface area contributed by atoms with Gasteiger partial charge in [-0.1, -0.05) is 15.9 Å². The van der Waals surface area contributed by atoms with Crippen molar-refractivity contribution in [1.29, 1.82) is 0 Å². The summed E-state index contributed by atoms with van der Waals surface area (Å²) in [7, 11) is 0. The Bertz CT molecular complexity index is 637. The number of rotatable bonds is 3. The number of aromatic nitrogens is 1. The van der Waals surface area contributed by atoms with E-state index in [1.807, 2.05) is 11.4 Å². The van der Waals surface area contributed by atoms with Crippen LogP contribution < -0.4 is 5.32 Å². The van der Waals surface area contributed by atoms with E-state index < -0.39 is 0 Å². The summed E-state index contributed by atoms with van der Waals surface area (Å²) < 4.78 is 0.902. The Balaban J connectivity index is 1.76. The molecule has 19 heavy (non-hydrogen) atoms. The standard InChI is InChI=1S/C13H11BrN2OS2/c14-8-3-4-9(11(18)5-8)12(17)16-13-15-10(6-19-13)7-1-2-7/h3-7,18H,1-2H2,(H,15,16,17). The topological polar surface area (TPSA) is 42.0 Å². The molecule has 2 aromatic rings. The van der Waals surface area contributed by atoms with Gasteiger partial charge in [-0.25, -0.2) is 4.98 Å². The molecule has 1 N–H and O–H groups in total. The lowest BCUT2D eigenvalue weighted by Crippen LogP contribution is -2.12. The number of nitrogens with zero attached hydrogens (tertiary/aromatic N) is 1. The molecule has 0 spiro atoms. The lowest BCUT2D eigenvalue weighted by Gasteiger charge is -2.05. The van der Waals surface area contributed by atoms with Crippen molar-refractivity contribution in [2.24, 2.45) is 0 Å². The van der Waals surface area contributed by atoms with Crippen LogP contribution in [0.4, 0.5) is 5.13 Å². The van der Waals surface area contributed by atoms with Crippen LogP contribution in [0, 0.1) is 0 Å². The molecule has 1 aromatic carbocycles. The maximum atomic E-state index is 12.1. The van der Waals surface area contributed by atoms with Crippen molar-refractivity contribution in [3.63, 3.8) is 0 Å². The molecule has 1 fully saturated rings. The zero-order valence-corrected chi connectivity index (χ0v) is 13.2. The molecule has 0 unspecified atom stereocenters. The monoisotopic (exact) mass is 354 g/mol. The third kappa shape index (κ3) is 3.01. The minimum absolute atomic E-state index is 0.172. The number of anilines is 1. The van der Waals surface area contributed by atoms with Crippen molar-refractivity contribution in [3.05, 3.63) is 39.3 Å². The molecule has 3 rings (SSSR count). The van der Waals surface area contributed by atoms with Crippen LogP contribution in [-0.4, -0.2) is 10.9 Å². The van der Waals surface area contributed by atoms with Crippen molar-refractivity contribution < 1.29 is 4.79 Å². The fourth-order valence-electron chi connectivity index (χ4n) is 1.77. The van der Waals surface area contributed by atoms with E-state index in [4.69, 9.17) is 0 Å². The summed E-state index contributed by atoms with van der Waals surface area (Å²) in [5, 5.41) is 5.51. The summed E-state index contributed by atoms with van der Waals surface area (Å²) >= 11 is 9.13. The van der Waals surface area contributed by atoms with Crippen LogP contribution in [0.15, 0.2) is 32.9 Å². The molecule has 0 bridgehead atoms. The number of carbonyl (C=O) groups excluding carboxylic acids is 1. The maximum Gasteiger partial charge on any atom is 0.258 e. The third-order valence-corrected chi connectivity index (χ3v) is 4.58. The average molecular weight is 355 g/mol. The van der Waals surface area contributed by atoms with Crippen molar-refractivity contribution in [3.8, 4) is 0 Å². The number of nitrogens with one attached hydrogen (secondary N) is 1. The second-order valence-corrected chi connectivity index (χ2v) is 6.72. The molecule has 0 radical (unpaired) electrons. The Morgan fingerprint density at radius 1 is 1.47 bits per heavy atom. The Kier molecular flexibility index (Phi) is 3.64. The molecule has 98 valence electrons. The summed E-state index contributed by atoms with van der Waals surface area (Å²) in [5.74, 6) is 0.434. The summed E-state index contributed by atoms with van der Waals surface area (Å²) in [6.07, 6.45) is 2.43. The van der Waals surface area contributed by atoms with Gasteiger partial charge in [0, 0.05) is 20.7 Å². The normalized spacial score (nSPS) is 14.4. The van der Waals surface area contributed by atoms with Gasteiger partial charge in [0.2, 0.25) is 0 Å². The average Bonchev–Trinajstić information content (AvgIpc) is 3.10. The highest BCUT2D eigenvalue weighted by Crippen LogP contribution is 2.40. The highest BCUT2D eigenvalue weighted by Gasteiger charge is 2.26. The lowest BCUT2D eigenvalue weighted by atomic mass is 10.2. The summed E-state index contributed by atoms with van der Waals surface area (Å²) in [6, 6.07) is 5.37. The van der Waals surface area contributed by atoms with Gasteiger partial charge in [-0.2, -0.15) is 0 Å². The second-order valence-electron chi connectivity index (χ2n) is 4.47. The first-order chi connectivity index (χ1) is 9.13. The number of halogens is 1. The molecule has 0 aliphatic heterocycles. The smallest absolute Gasteiger partial charge is 0.258 e. The van der Waals surface area contributed by atoms with Gasteiger partial charge in [-0.3, -0.25) is 10.1 Å². The number of hydrogen-bond donors (Lipinski definition) is 2. The van der Waals surface area contributed by atoms with Crippen molar-refractivity contribution in [1.82, 2.24) is 4.98 Å². The van der Waals surface area contributed by atoms with Gasteiger partial charge in [-0.05, 0) is 31.0 Å². The van der Waals surface area contributed by atoms with Crippen LogP contribution in [0.5, 0.6) is 0 Å². The van der Waals surface area contributed by atoms with Crippen LogP contribution in [0.1, 0.15) is 34.8 Å². The Hall–Kier alpha value is -0.850. The molecule has 6 heteroatoms. The van der Waals surface area contributed by atoms with E-state index in [9.17, 15) is 4.79 Å².